The molecule has 0 bridgehead atoms. The van der Waals surface area contributed by atoms with Crippen molar-refractivity contribution in [2.45, 2.75) is 24.8 Å². The second kappa shape index (κ2) is 5.80. The van der Waals surface area contributed by atoms with E-state index in [1.807, 2.05) is 4.90 Å². The maximum Gasteiger partial charge on any atom is 0.249 e. The maximum absolute atomic E-state index is 12.2. The van der Waals surface area contributed by atoms with Crippen LogP contribution in [-0.4, -0.2) is 62.9 Å². The molecule has 0 aliphatic carbocycles. The van der Waals surface area contributed by atoms with E-state index >= 15 is 0 Å². The molecule has 1 N–H and O–H groups in total. The molecule has 2 rings (SSSR count). The van der Waals surface area contributed by atoms with Gasteiger partial charge >= 0.3 is 0 Å². The van der Waals surface area contributed by atoms with Crippen molar-refractivity contribution in [3.05, 3.63) is 0 Å². The maximum atomic E-state index is 12.2. The van der Waals surface area contributed by atoms with Gasteiger partial charge in [0.1, 0.15) is 6.61 Å². The third-order valence-corrected chi connectivity index (χ3v) is 3.84. The fourth-order valence-corrected chi connectivity index (χ4v) is 2.87. The minimum atomic E-state index is -0.00262. The van der Waals surface area contributed by atoms with Gasteiger partial charge in [0, 0.05) is 39.0 Å². The smallest absolute Gasteiger partial charge is 0.249 e. The van der Waals surface area contributed by atoms with Crippen molar-refractivity contribution in [2.24, 2.45) is 0 Å². The fraction of sp³-hybridized carbons (Fsp3) is 0.917. The van der Waals surface area contributed by atoms with Crippen LogP contribution in [-0.2, 0) is 14.3 Å². The van der Waals surface area contributed by atoms with Crippen LogP contribution in [0.2, 0.25) is 0 Å². The van der Waals surface area contributed by atoms with Crippen LogP contribution in [0, 0.1) is 0 Å². The van der Waals surface area contributed by atoms with Crippen molar-refractivity contribution < 1.29 is 14.3 Å². The summed E-state index contributed by atoms with van der Waals surface area (Å²) in [6, 6.07) is 0. The van der Waals surface area contributed by atoms with Crippen LogP contribution in [0.4, 0.5) is 0 Å². The summed E-state index contributed by atoms with van der Waals surface area (Å²) in [7, 11) is 1.57. The average Bonchev–Trinajstić information content (AvgIpc) is 2.53. The Hall–Kier alpha value is -0.650. The van der Waals surface area contributed by atoms with Crippen LogP contribution < -0.4 is 5.32 Å². The van der Waals surface area contributed by atoms with Gasteiger partial charge in [-0.2, -0.15) is 0 Å². The summed E-state index contributed by atoms with van der Waals surface area (Å²) in [5, 5.41) is 3.37. The lowest BCUT2D eigenvalue weighted by Gasteiger charge is -2.45. The quantitative estimate of drug-likeness (QED) is 0.741. The van der Waals surface area contributed by atoms with Gasteiger partial charge < -0.3 is 19.7 Å². The molecule has 0 saturated carbocycles. The van der Waals surface area contributed by atoms with E-state index < -0.39 is 0 Å². The molecule has 0 aromatic rings. The number of carbonyl (C=O) groups excluding carboxylic acids is 1. The van der Waals surface area contributed by atoms with E-state index in [0.717, 1.165) is 52.1 Å². The number of methoxy groups -OCH3 is 1. The lowest BCUT2D eigenvalue weighted by Crippen LogP contribution is -2.55. The van der Waals surface area contributed by atoms with E-state index in [2.05, 4.69) is 5.32 Å². The van der Waals surface area contributed by atoms with Gasteiger partial charge in [0.2, 0.25) is 5.91 Å². The van der Waals surface area contributed by atoms with Crippen LogP contribution in [0.1, 0.15) is 19.3 Å². The van der Waals surface area contributed by atoms with Gasteiger partial charge in [-0.25, -0.2) is 0 Å². The number of nitrogens with one attached hydrogen (secondary N) is 1. The van der Waals surface area contributed by atoms with Gasteiger partial charge in [-0.1, -0.05) is 0 Å². The summed E-state index contributed by atoms with van der Waals surface area (Å²) in [5.74, 6) is 0.109. The van der Waals surface area contributed by atoms with E-state index in [1.54, 1.807) is 7.11 Å². The van der Waals surface area contributed by atoms with E-state index in [4.69, 9.17) is 9.47 Å². The van der Waals surface area contributed by atoms with Crippen LogP contribution in [0.25, 0.3) is 0 Å². The fourth-order valence-electron chi connectivity index (χ4n) is 2.87. The second-order valence-corrected chi connectivity index (χ2v) is 4.82. The molecule has 2 aliphatic heterocycles. The second-order valence-electron chi connectivity index (χ2n) is 4.82. The highest BCUT2D eigenvalue weighted by atomic mass is 16.5. The van der Waals surface area contributed by atoms with Crippen molar-refractivity contribution in [2.75, 3.05) is 46.6 Å². The molecule has 5 heteroatoms. The molecule has 0 aromatic carbocycles. The number of rotatable bonds is 2. The first-order chi connectivity index (χ1) is 8.28. The molecular weight excluding hydrogens is 220 g/mol. The predicted octanol–water partition coefficient (Wildman–Crippen LogP) is 0.00390. The summed E-state index contributed by atoms with van der Waals surface area (Å²) < 4.78 is 10.4. The lowest BCUT2D eigenvalue weighted by molar-refractivity contribution is -0.145. The van der Waals surface area contributed by atoms with Gasteiger partial charge in [0.15, 0.2) is 0 Å². The predicted molar refractivity (Wildman–Crippen MR) is 63.9 cm³/mol. The first kappa shape index (κ1) is 12.8. The number of carbonyl (C=O) groups is 1. The average molecular weight is 242 g/mol. The number of nitrogens with zero attached hydrogens (tertiary/aromatic N) is 1. The zero-order valence-corrected chi connectivity index (χ0v) is 10.5. The van der Waals surface area contributed by atoms with Gasteiger partial charge in [0.25, 0.3) is 0 Å². The third-order valence-electron chi connectivity index (χ3n) is 3.84. The molecule has 2 heterocycles. The number of hydrogen-bond donors (Lipinski definition) is 1. The Morgan fingerprint density at radius 1 is 1.35 bits per heavy atom. The van der Waals surface area contributed by atoms with Gasteiger partial charge in [-0.05, 0) is 25.8 Å². The molecular formula is C12H22N2O3. The molecule has 0 atom stereocenters. The highest BCUT2D eigenvalue weighted by Gasteiger charge is 2.41. The number of hydrogen-bond acceptors (Lipinski definition) is 4. The molecule has 2 fully saturated rings. The third kappa shape index (κ3) is 2.78. The number of ether oxygens (including phenoxy) is 2. The molecule has 0 unspecified atom stereocenters. The zero-order chi connectivity index (χ0) is 12.1. The Bertz CT molecular complexity index is 264. The molecule has 2 aliphatic rings. The molecule has 5 nitrogen and oxygen atoms in total. The summed E-state index contributed by atoms with van der Waals surface area (Å²) in [4.78, 5) is 14.2. The Balaban J connectivity index is 2.13. The zero-order valence-electron chi connectivity index (χ0n) is 10.5. The molecule has 0 radical (unpaired) electrons. The van der Waals surface area contributed by atoms with E-state index in [-0.39, 0.29) is 18.1 Å². The van der Waals surface area contributed by atoms with Crippen molar-refractivity contribution in [1.29, 1.82) is 0 Å². The van der Waals surface area contributed by atoms with Crippen molar-refractivity contribution >= 4 is 5.91 Å². The standard InChI is InChI=1S/C12H22N2O3/c1-16-10-11(15)14-7-6-13-5-2-12(14)3-8-17-9-4-12/h13H,2-10H2,1H3. The Labute approximate surface area is 102 Å². The Kier molecular flexibility index (Phi) is 4.36. The molecule has 1 amide bonds. The highest BCUT2D eigenvalue weighted by molar-refractivity contribution is 5.78. The minimum Gasteiger partial charge on any atom is -0.381 e. The van der Waals surface area contributed by atoms with Gasteiger partial charge in [-0.3, -0.25) is 4.79 Å². The topological polar surface area (TPSA) is 50.8 Å². The SMILES string of the molecule is COCC(=O)N1CCNCCC12CCOCC2. The van der Waals surface area contributed by atoms with Crippen LogP contribution in [0.5, 0.6) is 0 Å². The first-order valence-electron chi connectivity index (χ1n) is 6.36. The van der Waals surface area contributed by atoms with Crippen LogP contribution in [0.3, 0.4) is 0 Å². The summed E-state index contributed by atoms with van der Waals surface area (Å²) >= 11 is 0. The molecule has 0 aromatic heterocycles. The summed E-state index contributed by atoms with van der Waals surface area (Å²) in [5.41, 5.74) is -0.00262. The van der Waals surface area contributed by atoms with Crippen molar-refractivity contribution in [3.8, 4) is 0 Å². The first-order valence-corrected chi connectivity index (χ1v) is 6.36. The summed E-state index contributed by atoms with van der Waals surface area (Å²) in [6.07, 6.45) is 2.92. The van der Waals surface area contributed by atoms with Crippen LogP contribution >= 0.6 is 0 Å². The largest absolute Gasteiger partial charge is 0.381 e. The van der Waals surface area contributed by atoms with Crippen LogP contribution in [0.15, 0.2) is 0 Å². The molecule has 98 valence electrons. The number of amides is 1. The van der Waals surface area contributed by atoms with Crippen molar-refractivity contribution in [1.82, 2.24) is 10.2 Å². The monoisotopic (exact) mass is 242 g/mol. The van der Waals surface area contributed by atoms with Gasteiger partial charge in [-0.15, -0.1) is 0 Å². The lowest BCUT2D eigenvalue weighted by atomic mass is 9.84. The van der Waals surface area contributed by atoms with Gasteiger partial charge in [0.05, 0.1) is 0 Å². The molecule has 1 spiro atoms. The van der Waals surface area contributed by atoms with E-state index in [1.165, 1.54) is 0 Å². The normalized spacial score (nSPS) is 24.6. The van der Waals surface area contributed by atoms with Crippen molar-refractivity contribution in [3.63, 3.8) is 0 Å². The molecule has 2 saturated heterocycles. The Morgan fingerprint density at radius 2 is 2.12 bits per heavy atom. The van der Waals surface area contributed by atoms with E-state index in [0.29, 0.717) is 0 Å². The molecule has 17 heavy (non-hydrogen) atoms. The summed E-state index contributed by atoms with van der Waals surface area (Å²) in [6.45, 7) is 4.34. The Morgan fingerprint density at radius 3 is 2.82 bits per heavy atom. The van der Waals surface area contributed by atoms with E-state index in [9.17, 15) is 4.79 Å². The minimum absolute atomic E-state index is 0.00262. The highest BCUT2D eigenvalue weighted by Crippen LogP contribution is 2.32.